The summed E-state index contributed by atoms with van der Waals surface area (Å²) in [6.07, 6.45) is 2.53. The zero-order valence-corrected chi connectivity index (χ0v) is 13.1. The lowest BCUT2D eigenvalue weighted by molar-refractivity contribution is 0.302. The Bertz CT molecular complexity index is 822. The third-order valence-corrected chi connectivity index (χ3v) is 4.01. The molecule has 0 aliphatic carbocycles. The molecule has 3 rings (SSSR count). The maximum absolute atomic E-state index is 12.1. The van der Waals surface area contributed by atoms with Crippen LogP contribution >= 0.6 is 11.3 Å². The fraction of sp³-hybridized carbons (Fsp3) is 0.286. The molecule has 1 aromatic carbocycles. The van der Waals surface area contributed by atoms with E-state index in [4.69, 9.17) is 4.74 Å². The van der Waals surface area contributed by atoms with Gasteiger partial charge < -0.3 is 4.74 Å². The van der Waals surface area contributed by atoms with Gasteiger partial charge in [0.15, 0.2) is 0 Å². The predicted molar refractivity (Wildman–Crippen MR) is 82.4 cm³/mol. The van der Waals surface area contributed by atoms with E-state index in [0.29, 0.717) is 17.5 Å². The minimum Gasteiger partial charge on any atom is -0.465 e. The van der Waals surface area contributed by atoms with Crippen molar-refractivity contribution in [2.45, 2.75) is 20.0 Å². The lowest BCUT2D eigenvalue weighted by Gasteiger charge is -2.12. The number of hydrogen-bond acceptors (Lipinski definition) is 6. The fourth-order valence-corrected chi connectivity index (χ4v) is 2.68. The molecule has 114 valence electrons. The second kappa shape index (κ2) is 6.10. The van der Waals surface area contributed by atoms with Gasteiger partial charge >= 0.3 is 5.69 Å². The topological polar surface area (TPSA) is 74.8 Å². The average Bonchev–Trinajstić information content (AvgIpc) is 3.16. The van der Waals surface area contributed by atoms with Crippen LogP contribution in [-0.2, 0) is 20.1 Å². The van der Waals surface area contributed by atoms with E-state index in [-0.39, 0.29) is 5.69 Å². The molecule has 2 heterocycles. The van der Waals surface area contributed by atoms with Crippen LogP contribution < -0.4 is 10.4 Å². The van der Waals surface area contributed by atoms with Gasteiger partial charge in [-0.2, -0.15) is 9.36 Å². The number of tetrazole rings is 1. The lowest BCUT2D eigenvalue weighted by atomic mass is 10.0. The van der Waals surface area contributed by atoms with Crippen LogP contribution in [0, 0.1) is 0 Å². The Kier molecular flexibility index (Phi) is 4.01. The second-order valence-corrected chi connectivity index (χ2v) is 5.51. The van der Waals surface area contributed by atoms with Gasteiger partial charge in [0.1, 0.15) is 6.61 Å². The molecule has 0 saturated carbocycles. The van der Waals surface area contributed by atoms with Gasteiger partial charge in [0.05, 0.1) is 5.69 Å². The van der Waals surface area contributed by atoms with Gasteiger partial charge in [-0.1, -0.05) is 30.4 Å². The maximum Gasteiger partial charge on any atom is 0.368 e. The predicted octanol–water partition coefficient (Wildman–Crippen LogP) is 1.56. The number of aryl methyl sites for hydroxylation is 2. The van der Waals surface area contributed by atoms with E-state index in [0.717, 1.165) is 17.5 Å². The Morgan fingerprint density at radius 3 is 2.82 bits per heavy atom. The summed E-state index contributed by atoms with van der Waals surface area (Å²) >= 11 is 1.43. The zero-order valence-electron chi connectivity index (χ0n) is 12.3. The highest BCUT2D eigenvalue weighted by molar-refractivity contribution is 7.11. The highest BCUT2D eigenvalue weighted by Crippen LogP contribution is 2.22. The second-order valence-electron chi connectivity index (χ2n) is 4.65. The number of thiazole rings is 1. The van der Waals surface area contributed by atoms with Crippen LogP contribution in [0.5, 0.6) is 5.19 Å². The van der Waals surface area contributed by atoms with Gasteiger partial charge in [-0.15, -0.1) is 0 Å². The van der Waals surface area contributed by atoms with E-state index in [2.05, 4.69) is 22.3 Å². The van der Waals surface area contributed by atoms with Gasteiger partial charge in [0.2, 0.25) is 0 Å². The summed E-state index contributed by atoms with van der Waals surface area (Å²) in [4.78, 5) is 16.2. The summed E-state index contributed by atoms with van der Waals surface area (Å²) in [7, 11) is 1.57. The zero-order chi connectivity index (χ0) is 15.5. The van der Waals surface area contributed by atoms with Crippen molar-refractivity contribution in [3.63, 3.8) is 0 Å². The van der Waals surface area contributed by atoms with Gasteiger partial charge in [-0.3, -0.25) is 0 Å². The Balaban J connectivity index is 2.02. The minimum atomic E-state index is -0.288. The Hall–Kier alpha value is -2.48. The number of rotatable bonds is 5. The van der Waals surface area contributed by atoms with E-state index in [1.807, 2.05) is 23.6 Å². The van der Waals surface area contributed by atoms with Crippen molar-refractivity contribution in [3.05, 3.63) is 51.4 Å². The van der Waals surface area contributed by atoms with E-state index < -0.39 is 0 Å². The van der Waals surface area contributed by atoms with Crippen molar-refractivity contribution >= 4 is 11.3 Å². The largest absolute Gasteiger partial charge is 0.465 e. The van der Waals surface area contributed by atoms with Crippen LogP contribution in [0.4, 0.5) is 0 Å². The van der Waals surface area contributed by atoms with Crippen molar-refractivity contribution in [1.82, 2.24) is 24.8 Å². The molecule has 0 radical (unpaired) electrons. The SMILES string of the molecule is CCc1cccc(-n2nnn(C)c2=O)c1COc1nccs1. The van der Waals surface area contributed by atoms with Gasteiger partial charge in [-0.05, 0) is 28.5 Å². The molecular weight excluding hydrogens is 302 g/mol. The summed E-state index contributed by atoms with van der Waals surface area (Å²) in [5, 5.41) is 10.1. The normalized spacial score (nSPS) is 10.8. The summed E-state index contributed by atoms with van der Waals surface area (Å²) < 4.78 is 8.21. The molecule has 3 aromatic rings. The third kappa shape index (κ3) is 2.64. The number of benzene rings is 1. The molecule has 22 heavy (non-hydrogen) atoms. The third-order valence-electron chi connectivity index (χ3n) is 3.33. The maximum atomic E-state index is 12.1. The molecule has 2 aromatic heterocycles. The van der Waals surface area contributed by atoms with Crippen molar-refractivity contribution in [3.8, 4) is 10.9 Å². The first kappa shape index (κ1) is 14.5. The smallest absolute Gasteiger partial charge is 0.368 e. The van der Waals surface area contributed by atoms with Crippen LogP contribution in [0.3, 0.4) is 0 Å². The number of hydrogen-bond donors (Lipinski definition) is 0. The van der Waals surface area contributed by atoms with Crippen LogP contribution in [-0.4, -0.2) is 24.8 Å². The van der Waals surface area contributed by atoms with Crippen molar-refractivity contribution in [1.29, 1.82) is 0 Å². The fourth-order valence-electron chi connectivity index (χ4n) is 2.20. The van der Waals surface area contributed by atoms with Crippen molar-refractivity contribution in [2.75, 3.05) is 0 Å². The first-order valence-electron chi connectivity index (χ1n) is 6.83. The molecule has 0 fully saturated rings. The highest BCUT2D eigenvalue weighted by Gasteiger charge is 2.14. The molecule has 0 unspecified atom stereocenters. The van der Waals surface area contributed by atoms with Crippen LogP contribution in [0.1, 0.15) is 18.1 Å². The Morgan fingerprint density at radius 2 is 2.18 bits per heavy atom. The van der Waals surface area contributed by atoms with E-state index in [9.17, 15) is 4.79 Å². The molecular formula is C14H15N5O2S. The van der Waals surface area contributed by atoms with Crippen LogP contribution in [0.2, 0.25) is 0 Å². The van der Waals surface area contributed by atoms with E-state index in [1.165, 1.54) is 20.7 Å². The first-order valence-corrected chi connectivity index (χ1v) is 7.71. The lowest BCUT2D eigenvalue weighted by Crippen LogP contribution is -2.23. The number of aromatic nitrogens is 5. The summed E-state index contributed by atoms with van der Waals surface area (Å²) in [6.45, 7) is 2.39. The van der Waals surface area contributed by atoms with Gasteiger partial charge in [0.25, 0.3) is 5.19 Å². The molecule has 0 spiro atoms. The summed E-state index contributed by atoms with van der Waals surface area (Å²) in [5.41, 5.74) is 2.42. The molecule has 0 N–H and O–H groups in total. The Morgan fingerprint density at radius 1 is 1.32 bits per heavy atom. The summed E-state index contributed by atoms with van der Waals surface area (Å²) in [5.74, 6) is 0. The first-order chi connectivity index (χ1) is 10.7. The molecule has 0 amide bonds. The quantitative estimate of drug-likeness (QED) is 0.714. The molecule has 7 nitrogen and oxygen atoms in total. The van der Waals surface area contributed by atoms with Crippen molar-refractivity contribution < 1.29 is 4.74 Å². The van der Waals surface area contributed by atoms with Crippen LogP contribution in [0.15, 0.2) is 34.6 Å². The van der Waals surface area contributed by atoms with E-state index in [1.54, 1.807) is 13.2 Å². The highest BCUT2D eigenvalue weighted by atomic mass is 32.1. The molecule has 0 saturated heterocycles. The monoisotopic (exact) mass is 317 g/mol. The molecule has 0 aliphatic rings. The molecule has 0 aliphatic heterocycles. The minimum absolute atomic E-state index is 0.288. The van der Waals surface area contributed by atoms with E-state index >= 15 is 0 Å². The summed E-state index contributed by atoms with van der Waals surface area (Å²) in [6, 6.07) is 5.77. The number of nitrogens with zero attached hydrogens (tertiary/aromatic N) is 5. The van der Waals surface area contributed by atoms with Crippen molar-refractivity contribution in [2.24, 2.45) is 7.05 Å². The molecule has 0 atom stereocenters. The molecule has 8 heteroatoms. The van der Waals surface area contributed by atoms with Crippen LogP contribution in [0.25, 0.3) is 5.69 Å². The standard InChI is InChI=1S/C14H15N5O2S/c1-3-10-5-4-6-12(19-14(20)18(2)16-17-19)11(10)9-21-13-15-7-8-22-13/h4-8H,3,9H2,1-2H3. The molecule has 0 bridgehead atoms. The Labute approximate surface area is 130 Å². The van der Waals surface area contributed by atoms with Gasteiger partial charge in [-0.25, -0.2) is 9.78 Å². The number of ether oxygens (including phenoxy) is 1. The van der Waals surface area contributed by atoms with Gasteiger partial charge in [0, 0.05) is 24.2 Å². The average molecular weight is 317 g/mol.